The van der Waals surface area contributed by atoms with Gasteiger partial charge < -0.3 is 9.64 Å². The van der Waals surface area contributed by atoms with E-state index in [1.807, 2.05) is 15.9 Å². The van der Waals surface area contributed by atoms with Crippen molar-refractivity contribution in [1.29, 1.82) is 0 Å². The molecular formula is C7H8BrF2NO2. The predicted molar refractivity (Wildman–Crippen MR) is 43.8 cm³/mol. The molecule has 2 saturated heterocycles. The van der Waals surface area contributed by atoms with E-state index in [0.29, 0.717) is 19.7 Å². The molecule has 0 N–H and O–H groups in total. The third kappa shape index (κ3) is 1.46. The zero-order chi connectivity index (χ0) is 9.69. The largest absolute Gasteiger partial charge is 0.377 e. The predicted octanol–water partition coefficient (Wildman–Crippen LogP) is 0.975. The van der Waals surface area contributed by atoms with Crippen LogP contribution in [-0.2, 0) is 9.53 Å². The van der Waals surface area contributed by atoms with E-state index in [4.69, 9.17) is 4.74 Å². The summed E-state index contributed by atoms with van der Waals surface area (Å²) in [6.07, 6.45) is 0.866. The number of rotatable bonds is 1. The van der Waals surface area contributed by atoms with Gasteiger partial charge in [-0.1, -0.05) is 0 Å². The molecule has 1 amide bonds. The number of hydrogen-bond acceptors (Lipinski definition) is 2. The second-order valence-electron chi connectivity index (χ2n) is 3.44. The molecular weight excluding hydrogens is 248 g/mol. The zero-order valence-corrected chi connectivity index (χ0v) is 8.31. The van der Waals surface area contributed by atoms with Gasteiger partial charge in [0.15, 0.2) is 0 Å². The summed E-state index contributed by atoms with van der Waals surface area (Å²) >= 11 is 2.03. The highest BCUT2D eigenvalue weighted by molar-refractivity contribution is 9.10. The molecule has 2 rings (SSSR count). The van der Waals surface area contributed by atoms with Crippen molar-refractivity contribution in [2.45, 2.75) is 16.9 Å². The Kier molecular flexibility index (Phi) is 1.89. The minimum Gasteiger partial charge on any atom is -0.371 e. The fourth-order valence-corrected chi connectivity index (χ4v) is 1.86. The van der Waals surface area contributed by atoms with E-state index < -0.39 is 10.7 Å². The highest BCUT2D eigenvalue weighted by Gasteiger charge is 2.54. The summed E-state index contributed by atoms with van der Waals surface area (Å²) in [5.74, 6) is -1.17. The number of hydrogen-bond donors (Lipinski definition) is 0. The molecule has 0 unspecified atom stereocenters. The molecule has 2 heterocycles. The van der Waals surface area contributed by atoms with E-state index in [1.54, 1.807) is 0 Å². The first-order chi connectivity index (χ1) is 5.93. The van der Waals surface area contributed by atoms with Crippen molar-refractivity contribution >= 4 is 21.8 Å². The Balaban J connectivity index is 1.89. The topological polar surface area (TPSA) is 29.5 Å². The van der Waals surface area contributed by atoms with Crippen LogP contribution in [0.2, 0.25) is 0 Å². The van der Waals surface area contributed by atoms with Gasteiger partial charge in [-0.25, -0.2) is 0 Å². The minimum atomic E-state index is -3.43. The summed E-state index contributed by atoms with van der Waals surface area (Å²) in [4.78, 5) is 8.62. The van der Waals surface area contributed by atoms with Crippen LogP contribution >= 0.6 is 15.9 Å². The van der Waals surface area contributed by atoms with Gasteiger partial charge in [-0.15, -0.1) is 0 Å². The lowest BCUT2D eigenvalue weighted by atomic mass is 9.86. The standard InChI is InChI=1S/C7H8BrF2NO2/c8-7(9,10)5(12)11-3-6(4-11)1-2-13-6/h1-4H2. The van der Waals surface area contributed by atoms with Gasteiger partial charge in [0.25, 0.3) is 0 Å². The van der Waals surface area contributed by atoms with Crippen molar-refractivity contribution in [1.82, 2.24) is 4.90 Å². The lowest BCUT2D eigenvalue weighted by molar-refractivity contribution is -0.226. The lowest BCUT2D eigenvalue weighted by Gasteiger charge is -2.55. The second-order valence-corrected chi connectivity index (χ2v) is 4.44. The summed E-state index contributed by atoms with van der Waals surface area (Å²) < 4.78 is 30.1. The molecule has 0 radical (unpaired) electrons. The molecule has 6 heteroatoms. The van der Waals surface area contributed by atoms with Crippen LogP contribution in [0, 0.1) is 0 Å². The van der Waals surface area contributed by atoms with Crippen LogP contribution in [0.15, 0.2) is 0 Å². The van der Waals surface area contributed by atoms with Crippen molar-refractivity contribution in [3.8, 4) is 0 Å². The zero-order valence-electron chi connectivity index (χ0n) is 6.73. The van der Waals surface area contributed by atoms with Crippen molar-refractivity contribution in [3.05, 3.63) is 0 Å². The summed E-state index contributed by atoms with van der Waals surface area (Å²) in [7, 11) is 0. The van der Waals surface area contributed by atoms with Gasteiger partial charge >= 0.3 is 10.7 Å². The highest BCUT2D eigenvalue weighted by atomic mass is 79.9. The molecule has 2 aliphatic rings. The summed E-state index contributed by atoms with van der Waals surface area (Å²) in [6.45, 7) is 1.27. The number of likely N-dealkylation sites (tertiary alicyclic amines) is 1. The van der Waals surface area contributed by atoms with E-state index >= 15 is 0 Å². The average molecular weight is 256 g/mol. The van der Waals surface area contributed by atoms with Crippen LogP contribution in [0.25, 0.3) is 0 Å². The smallest absolute Gasteiger partial charge is 0.371 e. The summed E-state index contributed by atoms with van der Waals surface area (Å²) in [5.41, 5.74) is -0.284. The number of nitrogens with zero attached hydrogens (tertiary/aromatic N) is 1. The number of amides is 1. The average Bonchev–Trinajstić information content (AvgIpc) is 1.78. The Morgan fingerprint density at radius 2 is 2.08 bits per heavy atom. The van der Waals surface area contributed by atoms with Crippen LogP contribution < -0.4 is 0 Å². The van der Waals surface area contributed by atoms with Crippen molar-refractivity contribution in [2.24, 2.45) is 0 Å². The van der Waals surface area contributed by atoms with Gasteiger partial charge in [0, 0.05) is 22.4 Å². The minimum absolute atomic E-state index is 0.284. The molecule has 2 aliphatic heterocycles. The van der Waals surface area contributed by atoms with E-state index in [2.05, 4.69) is 0 Å². The molecule has 0 aromatic rings. The number of carbonyl (C=O) groups is 1. The van der Waals surface area contributed by atoms with Crippen LogP contribution in [0.4, 0.5) is 8.78 Å². The maximum atomic E-state index is 12.4. The molecule has 13 heavy (non-hydrogen) atoms. The normalized spacial score (nSPS) is 25.3. The first-order valence-electron chi connectivity index (χ1n) is 3.93. The van der Waals surface area contributed by atoms with Gasteiger partial charge in [0.1, 0.15) is 5.60 Å². The number of halogens is 3. The van der Waals surface area contributed by atoms with Crippen molar-refractivity contribution in [3.63, 3.8) is 0 Å². The van der Waals surface area contributed by atoms with E-state index in [0.717, 1.165) is 11.3 Å². The number of alkyl halides is 3. The first kappa shape index (κ1) is 9.33. The summed E-state index contributed by atoms with van der Waals surface area (Å²) in [6, 6.07) is 0. The maximum Gasteiger partial charge on any atom is 0.377 e. The molecule has 2 fully saturated rings. The SMILES string of the molecule is O=C(N1CC2(CCO2)C1)C(F)(F)Br. The molecule has 0 aliphatic carbocycles. The number of ether oxygens (including phenoxy) is 1. The van der Waals surface area contributed by atoms with Gasteiger partial charge in [0.05, 0.1) is 19.7 Å². The third-order valence-corrected chi connectivity index (χ3v) is 2.79. The van der Waals surface area contributed by atoms with Gasteiger partial charge in [-0.2, -0.15) is 8.78 Å². The van der Waals surface area contributed by atoms with Crippen LogP contribution in [0.5, 0.6) is 0 Å². The fraction of sp³-hybridized carbons (Fsp3) is 0.857. The third-order valence-electron chi connectivity index (χ3n) is 2.45. The summed E-state index contributed by atoms with van der Waals surface area (Å²) in [5, 5.41) is 0. The van der Waals surface area contributed by atoms with Gasteiger partial charge in [-0.05, 0) is 0 Å². The Morgan fingerprint density at radius 3 is 2.38 bits per heavy atom. The Labute approximate surface area is 82.2 Å². The molecule has 0 atom stereocenters. The molecule has 0 bridgehead atoms. The monoisotopic (exact) mass is 255 g/mol. The van der Waals surface area contributed by atoms with Crippen molar-refractivity contribution < 1.29 is 18.3 Å². The lowest BCUT2D eigenvalue weighted by Crippen LogP contribution is -2.70. The van der Waals surface area contributed by atoms with Gasteiger partial charge in [0.2, 0.25) is 0 Å². The Hall–Kier alpha value is -0.230. The maximum absolute atomic E-state index is 12.4. The fourth-order valence-electron chi connectivity index (χ4n) is 1.61. The van der Waals surface area contributed by atoms with E-state index in [-0.39, 0.29) is 5.60 Å². The van der Waals surface area contributed by atoms with E-state index in [1.165, 1.54) is 0 Å². The number of carbonyl (C=O) groups excluding carboxylic acids is 1. The van der Waals surface area contributed by atoms with Crippen LogP contribution in [-0.4, -0.2) is 40.9 Å². The molecule has 74 valence electrons. The first-order valence-corrected chi connectivity index (χ1v) is 4.72. The quantitative estimate of drug-likeness (QED) is 0.654. The van der Waals surface area contributed by atoms with Crippen LogP contribution in [0.1, 0.15) is 6.42 Å². The molecule has 0 saturated carbocycles. The molecule has 3 nitrogen and oxygen atoms in total. The van der Waals surface area contributed by atoms with E-state index in [9.17, 15) is 13.6 Å². The second kappa shape index (κ2) is 2.63. The van der Waals surface area contributed by atoms with Crippen LogP contribution in [0.3, 0.4) is 0 Å². The van der Waals surface area contributed by atoms with Crippen molar-refractivity contribution in [2.75, 3.05) is 19.7 Å². The highest BCUT2D eigenvalue weighted by Crippen LogP contribution is 2.38. The molecule has 0 aromatic heterocycles. The Morgan fingerprint density at radius 1 is 1.54 bits per heavy atom. The van der Waals surface area contributed by atoms with Gasteiger partial charge in [-0.3, -0.25) is 4.79 Å². The molecule has 1 spiro atoms. The molecule has 0 aromatic carbocycles. The Bertz CT molecular complexity index is 241.